The molecule has 2 N–H and O–H groups in total. The predicted octanol–water partition coefficient (Wildman–Crippen LogP) is 2.34. The lowest BCUT2D eigenvalue weighted by Crippen LogP contribution is -2.21. The van der Waals surface area contributed by atoms with E-state index in [0.717, 1.165) is 30.9 Å². The summed E-state index contributed by atoms with van der Waals surface area (Å²) in [5.74, 6) is 0. The maximum atomic E-state index is 5.93. The SMILES string of the molecule is CN(CCc1ccccc1N)Cc1ccccn1. The van der Waals surface area contributed by atoms with Crippen LogP contribution in [0.3, 0.4) is 0 Å². The highest BCUT2D eigenvalue weighted by molar-refractivity contribution is 5.46. The number of rotatable bonds is 5. The van der Waals surface area contributed by atoms with E-state index < -0.39 is 0 Å². The molecular formula is C15H19N3. The molecule has 0 saturated heterocycles. The fourth-order valence-electron chi connectivity index (χ4n) is 1.92. The van der Waals surface area contributed by atoms with E-state index in [2.05, 4.69) is 23.0 Å². The van der Waals surface area contributed by atoms with Gasteiger partial charge in [0.25, 0.3) is 0 Å². The molecule has 0 aliphatic rings. The van der Waals surface area contributed by atoms with Crippen molar-refractivity contribution < 1.29 is 0 Å². The fraction of sp³-hybridized carbons (Fsp3) is 0.267. The Bertz CT molecular complexity index is 482. The van der Waals surface area contributed by atoms with E-state index in [0.29, 0.717) is 0 Å². The molecule has 0 radical (unpaired) electrons. The number of hydrogen-bond donors (Lipinski definition) is 1. The highest BCUT2D eigenvalue weighted by atomic mass is 15.1. The van der Waals surface area contributed by atoms with Crippen LogP contribution in [0.25, 0.3) is 0 Å². The van der Waals surface area contributed by atoms with Crippen molar-refractivity contribution in [2.75, 3.05) is 19.3 Å². The summed E-state index contributed by atoms with van der Waals surface area (Å²) in [5, 5.41) is 0. The minimum Gasteiger partial charge on any atom is -0.399 e. The topological polar surface area (TPSA) is 42.1 Å². The number of para-hydroxylation sites is 1. The molecule has 2 aromatic rings. The summed E-state index contributed by atoms with van der Waals surface area (Å²) in [4.78, 5) is 6.58. The molecule has 0 aliphatic heterocycles. The maximum Gasteiger partial charge on any atom is 0.0543 e. The van der Waals surface area contributed by atoms with Crippen LogP contribution in [0.15, 0.2) is 48.7 Å². The first-order valence-corrected chi connectivity index (χ1v) is 6.17. The first-order chi connectivity index (χ1) is 8.75. The van der Waals surface area contributed by atoms with E-state index in [9.17, 15) is 0 Å². The molecule has 0 unspecified atom stereocenters. The minimum absolute atomic E-state index is 0.869. The number of hydrogen-bond acceptors (Lipinski definition) is 3. The van der Waals surface area contributed by atoms with Gasteiger partial charge in [-0.25, -0.2) is 0 Å². The van der Waals surface area contributed by atoms with Crippen LogP contribution in [0.1, 0.15) is 11.3 Å². The van der Waals surface area contributed by atoms with Gasteiger partial charge in [0.1, 0.15) is 0 Å². The van der Waals surface area contributed by atoms with Gasteiger partial charge in [0.15, 0.2) is 0 Å². The van der Waals surface area contributed by atoms with Crippen molar-refractivity contribution in [3.63, 3.8) is 0 Å². The van der Waals surface area contributed by atoms with Gasteiger partial charge in [-0.3, -0.25) is 4.98 Å². The number of benzene rings is 1. The Morgan fingerprint density at radius 3 is 2.61 bits per heavy atom. The number of nitrogens with two attached hydrogens (primary N) is 1. The lowest BCUT2D eigenvalue weighted by atomic mass is 10.1. The van der Waals surface area contributed by atoms with Crippen LogP contribution in [0.2, 0.25) is 0 Å². The summed E-state index contributed by atoms with van der Waals surface area (Å²) in [6, 6.07) is 14.0. The third kappa shape index (κ3) is 3.57. The second kappa shape index (κ2) is 6.17. The predicted molar refractivity (Wildman–Crippen MR) is 75.1 cm³/mol. The van der Waals surface area contributed by atoms with E-state index in [-0.39, 0.29) is 0 Å². The molecule has 0 bridgehead atoms. The first-order valence-electron chi connectivity index (χ1n) is 6.17. The van der Waals surface area contributed by atoms with Gasteiger partial charge in [0.05, 0.1) is 5.69 Å². The van der Waals surface area contributed by atoms with Gasteiger partial charge in [-0.1, -0.05) is 24.3 Å². The zero-order chi connectivity index (χ0) is 12.8. The second-order valence-corrected chi connectivity index (χ2v) is 4.51. The standard InChI is InChI=1S/C15H19N3/c1-18(12-14-7-4-5-10-17-14)11-9-13-6-2-3-8-15(13)16/h2-8,10H,9,11-12,16H2,1H3. The number of aromatic nitrogens is 1. The zero-order valence-corrected chi connectivity index (χ0v) is 10.7. The molecule has 3 heteroatoms. The van der Waals surface area contributed by atoms with Crippen molar-refractivity contribution in [2.24, 2.45) is 0 Å². The summed E-state index contributed by atoms with van der Waals surface area (Å²) in [6.45, 7) is 1.85. The molecule has 0 fully saturated rings. The largest absolute Gasteiger partial charge is 0.399 e. The van der Waals surface area contributed by atoms with Crippen LogP contribution < -0.4 is 5.73 Å². The van der Waals surface area contributed by atoms with Crippen LogP contribution in [-0.4, -0.2) is 23.5 Å². The molecule has 18 heavy (non-hydrogen) atoms. The van der Waals surface area contributed by atoms with Crippen molar-refractivity contribution in [1.82, 2.24) is 9.88 Å². The summed E-state index contributed by atoms with van der Waals surface area (Å²) < 4.78 is 0. The Morgan fingerprint density at radius 1 is 1.11 bits per heavy atom. The van der Waals surface area contributed by atoms with Crippen LogP contribution in [0, 0.1) is 0 Å². The zero-order valence-electron chi connectivity index (χ0n) is 10.7. The molecule has 2 rings (SSSR count). The Kier molecular flexibility index (Phi) is 4.31. The van der Waals surface area contributed by atoms with Crippen LogP contribution in [0.4, 0.5) is 5.69 Å². The molecule has 94 valence electrons. The minimum atomic E-state index is 0.869. The van der Waals surface area contributed by atoms with Crippen molar-refractivity contribution >= 4 is 5.69 Å². The van der Waals surface area contributed by atoms with Gasteiger partial charge in [0.2, 0.25) is 0 Å². The monoisotopic (exact) mass is 241 g/mol. The van der Waals surface area contributed by atoms with Crippen LogP contribution in [-0.2, 0) is 13.0 Å². The van der Waals surface area contributed by atoms with Crippen molar-refractivity contribution in [3.05, 3.63) is 59.9 Å². The number of anilines is 1. The van der Waals surface area contributed by atoms with Gasteiger partial charge < -0.3 is 10.6 Å². The number of nitrogens with zero attached hydrogens (tertiary/aromatic N) is 2. The highest BCUT2D eigenvalue weighted by Crippen LogP contribution is 2.11. The second-order valence-electron chi connectivity index (χ2n) is 4.51. The summed E-state index contributed by atoms with van der Waals surface area (Å²) in [6.07, 6.45) is 2.80. The van der Waals surface area contributed by atoms with Crippen LogP contribution in [0.5, 0.6) is 0 Å². The third-order valence-corrected chi connectivity index (χ3v) is 2.98. The van der Waals surface area contributed by atoms with E-state index in [1.54, 1.807) is 0 Å². The molecule has 0 amide bonds. The summed E-state index contributed by atoms with van der Waals surface area (Å²) in [7, 11) is 2.10. The van der Waals surface area contributed by atoms with Gasteiger partial charge in [-0.05, 0) is 37.2 Å². The van der Waals surface area contributed by atoms with Gasteiger partial charge >= 0.3 is 0 Å². The first kappa shape index (κ1) is 12.6. The maximum absolute atomic E-state index is 5.93. The molecule has 3 nitrogen and oxygen atoms in total. The van der Waals surface area contributed by atoms with Crippen LogP contribution >= 0.6 is 0 Å². The Labute approximate surface area is 108 Å². The number of likely N-dealkylation sites (N-methyl/N-ethyl adjacent to an activating group) is 1. The molecular weight excluding hydrogens is 222 g/mol. The average Bonchev–Trinajstić information content (AvgIpc) is 2.39. The van der Waals surface area contributed by atoms with E-state index in [4.69, 9.17) is 5.73 Å². The molecule has 0 spiro atoms. The number of pyridine rings is 1. The Hall–Kier alpha value is -1.87. The molecule has 0 atom stereocenters. The van der Waals surface area contributed by atoms with E-state index in [1.165, 1.54) is 5.56 Å². The lowest BCUT2D eigenvalue weighted by Gasteiger charge is -2.16. The lowest BCUT2D eigenvalue weighted by molar-refractivity contribution is 0.327. The highest BCUT2D eigenvalue weighted by Gasteiger charge is 2.03. The van der Waals surface area contributed by atoms with E-state index >= 15 is 0 Å². The molecule has 1 heterocycles. The smallest absolute Gasteiger partial charge is 0.0543 e. The van der Waals surface area contributed by atoms with Gasteiger partial charge in [-0.15, -0.1) is 0 Å². The van der Waals surface area contributed by atoms with E-state index in [1.807, 2.05) is 42.6 Å². The molecule has 1 aromatic heterocycles. The van der Waals surface area contributed by atoms with Crippen molar-refractivity contribution in [2.45, 2.75) is 13.0 Å². The normalized spacial score (nSPS) is 10.8. The van der Waals surface area contributed by atoms with Crippen molar-refractivity contribution in [1.29, 1.82) is 0 Å². The Balaban J connectivity index is 1.86. The molecule has 1 aromatic carbocycles. The molecule has 0 aliphatic carbocycles. The fourth-order valence-corrected chi connectivity index (χ4v) is 1.92. The number of nitrogen functional groups attached to an aromatic ring is 1. The Morgan fingerprint density at radius 2 is 1.89 bits per heavy atom. The third-order valence-electron chi connectivity index (χ3n) is 2.98. The van der Waals surface area contributed by atoms with Gasteiger partial charge in [-0.2, -0.15) is 0 Å². The van der Waals surface area contributed by atoms with Crippen molar-refractivity contribution in [3.8, 4) is 0 Å². The van der Waals surface area contributed by atoms with Gasteiger partial charge in [0, 0.05) is 25.0 Å². The summed E-state index contributed by atoms with van der Waals surface area (Å²) in [5.41, 5.74) is 9.12. The quantitative estimate of drug-likeness (QED) is 0.817. The summed E-state index contributed by atoms with van der Waals surface area (Å²) >= 11 is 0. The molecule has 0 saturated carbocycles. The average molecular weight is 241 g/mol.